The lowest BCUT2D eigenvalue weighted by Crippen LogP contribution is -2.37. The third-order valence-electron chi connectivity index (χ3n) is 5.15. The van der Waals surface area contributed by atoms with Gasteiger partial charge in [0, 0.05) is 42.5 Å². The van der Waals surface area contributed by atoms with Crippen molar-refractivity contribution in [1.29, 1.82) is 0 Å². The van der Waals surface area contributed by atoms with Crippen LogP contribution in [0.2, 0.25) is 5.02 Å². The summed E-state index contributed by atoms with van der Waals surface area (Å²) < 4.78 is 7.50. The number of aryl methyl sites for hydroxylation is 1. The molecule has 2 aromatic carbocycles. The maximum Gasteiger partial charge on any atom is 0.228 e. The average Bonchev–Trinajstić information content (AvgIpc) is 3.16. The number of nitrogens with one attached hydrogen (secondary N) is 1. The van der Waals surface area contributed by atoms with E-state index in [1.807, 2.05) is 60.4 Å². The van der Waals surface area contributed by atoms with Crippen LogP contribution in [-0.4, -0.2) is 45.8 Å². The summed E-state index contributed by atoms with van der Waals surface area (Å²) in [5.74, 6) is 1.42. The molecule has 8 heteroatoms. The van der Waals surface area contributed by atoms with Crippen molar-refractivity contribution in [3.8, 4) is 11.3 Å². The zero-order valence-electron chi connectivity index (χ0n) is 16.5. The van der Waals surface area contributed by atoms with E-state index >= 15 is 0 Å². The van der Waals surface area contributed by atoms with Gasteiger partial charge in [0.15, 0.2) is 0 Å². The van der Waals surface area contributed by atoms with E-state index in [0.717, 1.165) is 46.9 Å². The van der Waals surface area contributed by atoms with E-state index in [1.165, 1.54) is 0 Å². The summed E-state index contributed by atoms with van der Waals surface area (Å²) in [6.45, 7) is 2.89. The van der Waals surface area contributed by atoms with Gasteiger partial charge in [-0.05, 0) is 36.4 Å². The Bertz CT molecular complexity index is 1180. The lowest BCUT2D eigenvalue weighted by atomic mass is 10.1. The van der Waals surface area contributed by atoms with Gasteiger partial charge in [0.05, 0.1) is 36.3 Å². The fourth-order valence-corrected chi connectivity index (χ4v) is 3.64. The molecule has 2 aromatic heterocycles. The minimum absolute atomic E-state index is 0.675. The molecule has 0 unspecified atom stereocenters. The van der Waals surface area contributed by atoms with Crippen LogP contribution >= 0.6 is 11.6 Å². The van der Waals surface area contributed by atoms with Crippen molar-refractivity contribution in [2.45, 2.75) is 0 Å². The zero-order valence-corrected chi connectivity index (χ0v) is 17.3. The van der Waals surface area contributed by atoms with E-state index < -0.39 is 0 Å². The largest absolute Gasteiger partial charge is 0.378 e. The molecule has 0 spiro atoms. The monoisotopic (exact) mass is 420 g/mol. The molecule has 7 nitrogen and oxygen atoms in total. The second-order valence-electron chi connectivity index (χ2n) is 7.23. The quantitative estimate of drug-likeness (QED) is 0.532. The molecule has 0 saturated carbocycles. The Morgan fingerprint density at radius 2 is 1.80 bits per heavy atom. The molecular formula is C22H21ClN6O. The maximum atomic E-state index is 6.02. The van der Waals surface area contributed by atoms with E-state index in [1.54, 1.807) is 0 Å². The summed E-state index contributed by atoms with van der Waals surface area (Å²) in [5.41, 5.74) is 4.81. The van der Waals surface area contributed by atoms with Crippen LogP contribution < -0.4 is 10.2 Å². The number of rotatable bonds is 4. The summed E-state index contributed by atoms with van der Waals surface area (Å²) >= 11 is 6.02. The number of anilines is 3. The number of aromatic nitrogens is 4. The van der Waals surface area contributed by atoms with E-state index in [2.05, 4.69) is 21.3 Å². The molecule has 1 saturated heterocycles. The number of hydrogen-bond acceptors (Lipinski definition) is 6. The minimum Gasteiger partial charge on any atom is -0.378 e. The smallest absolute Gasteiger partial charge is 0.228 e. The van der Waals surface area contributed by atoms with Crippen LogP contribution in [0.5, 0.6) is 0 Å². The van der Waals surface area contributed by atoms with Crippen LogP contribution in [0.1, 0.15) is 0 Å². The SMILES string of the molecule is Cn1cnc2ccc(-c3cc(Nc4ccc(Cl)cc4)nc(N4CCOCC4)n3)cc21. The number of nitrogens with zero attached hydrogens (tertiary/aromatic N) is 5. The van der Waals surface area contributed by atoms with Gasteiger partial charge < -0.3 is 19.5 Å². The zero-order chi connectivity index (χ0) is 20.5. The third-order valence-corrected chi connectivity index (χ3v) is 5.40. The first-order valence-electron chi connectivity index (χ1n) is 9.81. The molecule has 1 aliphatic rings. The molecule has 152 valence electrons. The van der Waals surface area contributed by atoms with Gasteiger partial charge in [-0.2, -0.15) is 4.98 Å². The van der Waals surface area contributed by atoms with Crippen LogP contribution in [0.15, 0.2) is 54.9 Å². The van der Waals surface area contributed by atoms with Crippen LogP contribution in [0.3, 0.4) is 0 Å². The summed E-state index contributed by atoms with van der Waals surface area (Å²) in [7, 11) is 1.99. The molecule has 1 fully saturated rings. The summed E-state index contributed by atoms with van der Waals surface area (Å²) in [6.07, 6.45) is 1.82. The molecular weight excluding hydrogens is 400 g/mol. The fraction of sp³-hybridized carbons (Fsp3) is 0.227. The molecule has 1 aliphatic heterocycles. The Kier molecular flexibility index (Phi) is 4.98. The molecule has 30 heavy (non-hydrogen) atoms. The normalized spacial score (nSPS) is 14.3. The number of fused-ring (bicyclic) bond motifs is 1. The topological polar surface area (TPSA) is 68.1 Å². The Morgan fingerprint density at radius 3 is 2.60 bits per heavy atom. The van der Waals surface area contributed by atoms with E-state index in [4.69, 9.17) is 26.3 Å². The molecule has 0 aliphatic carbocycles. The first-order chi connectivity index (χ1) is 14.7. The standard InChI is InChI=1S/C22H21ClN6O/c1-28-14-24-18-7-2-15(12-20(18)28)19-13-21(25-17-5-3-16(23)4-6-17)27-22(26-19)29-8-10-30-11-9-29/h2-7,12-14H,8-11H2,1H3,(H,25,26,27). The summed E-state index contributed by atoms with van der Waals surface area (Å²) in [6, 6.07) is 15.7. The number of halogens is 1. The predicted molar refractivity (Wildman–Crippen MR) is 120 cm³/mol. The molecule has 0 atom stereocenters. The van der Waals surface area contributed by atoms with E-state index in [0.29, 0.717) is 24.2 Å². The second-order valence-corrected chi connectivity index (χ2v) is 7.67. The fourth-order valence-electron chi connectivity index (χ4n) is 3.52. The van der Waals surface area contributed by atoms with Gasteiger partial charge in [0.1, 0.15) is 5.82 Å². The van der Waals surface area contributed by atoms with Gasteiger partial charge in [0.25, 0.3) is 0 Å². The number of imidazole rings is 1. The highest BCUT2D eigenvalue weighted by Crippen LogP contribution is 2.28. The number of ether oxygens (including phenoxy) is 1. The van der Waals surface area contributed by atoms with Crippen LogP contribution in [0.25, 0.3) is 22.3 Å². The van der Waals surface area contributed by atoms with Crippen LogP contribution in [0, 0.1) is 0 Å². The lowest BCUT2D eigenvalue weighted by molar-refractivity contribution is 0.122. The minimum atomic E-state index is 0.675. The molecule has 0 radical (unpaired) electrons. The Labute approximate surface area is 179 Å². The molecule has 0 bridgehead atoms. The Hall–Kier alpha value is -3.16. The molecule has 4 aromatic rings. The van der Waals surface area contributed by atoms with Gasteiger partial charge in [-0.25, -0.2) is 9.97 Å². The molecule has 1 N–H and O–H groups in total. The first kappa shape index (κ1) is 18.8. The summed E-state index contributed by atoms with van der Waals surface area (Å²) in [5, 5.41) is 4.08. The van der Waals surface area contributed by atoms with E-state index in [-0.39, 0.29) is 0 Å². The molecule has 5 rings (SSSR count). The number of benzene rings is 2. The van der Waals surface area contributed by atoms with Crippen molar-refractivity contribution < 1.29 is 4.74 Å². The summed E-state index contributed by atoms with van der Waals surface area (Å²) in [4.78, 5) is 16.2. The Balaban J connectivity index is 1.57. The predicted octanol–water partition coefficient (Wildman–Crippen LogP) is 4.26. The number of morpholine rings is 1. The van der Waals surface area contributed by atoms with Gasteiger partial charge in [-0.15, -0.1) is 0 Å². The van der Waals surface area contributed by atoms with Gasteiger partial charge in [-0.1, -0.05) is 17.7 Å². The van der Waals surface area contributed by atoms with Crippen molar-refractivity contribution in [3.63, 3.8) is 0 Å². The van der Waals surface area contributed by atoms with E-state index in [9.17, 15) is 0 Å². The van der Waals surface area contributed by atoms with Gasteiger partial charge in [0.2, 0.25) is 5.95 Å². The van der Waals surface area contributed by atoms with Gasteiger partial charge in [-0.3, -0.25) is 0 Å². The average molecular weight is 421 g/mol. The maximum absolute atomic E-state index is 6.02. The van der Waals surface area contributed by atoms with Crippen molar-refractivity contribution >= 4 is 40.1 Å². The van der Waals surface area contributed by atoms with Crippen molar-refractivity contribution in [1.82, 2.24) is 19.5 Å². The van der Waals surface area contributed by atoms with Crippen LogP contribution in [-0.2, 0) is 11.8 Å². The highest BCUT2D eigenvalue weighted by molar-refractivity contribution is 6.30. The van der Waals surface area contributed by atoms with Gasteiger partial charge >= 0.3 is 0 Å². The second kappa shape index (κ2) is 7.93. The third kappa shape index (κ3) is 3.81. The highest BCUT2D eigenvalue weighted by Gasteiger charge is 2.17. The number of hydrogen-bond donors (Lipinski definition) is 1. The molecule has 0 amide bonds. The molecule has 3 heterocycles. The van der Waals surface area contributed by atoms with Crippen LogP contribution in [0.4, 0.5) is 17.5 Å². The lowest BCUT2D eigenvalue weighted by Gasteiger charge is -2.27. The Morgan fingerprint density at radius 1 is 1.00 bits per heavy atom. The van der Waals surface area contributed by atoms with Crippen molar-refractivity contribution in [2.24, 2.45) is 7.05 Å². The van der Waals surface area contributed by atoms with Crippen molar-refractivity contribution in [2.75, 3.05) is 36.5 Å². The highest BCUT2D eigenvalue weighted by atomic mass is 35.5. The van der Waals surface area contributed by atoms with Crippen molar-refractivity contribution in [3.05, 3.63) is 59.9 Å². The first-order valence-corrected chi connectivity index (χ1v) is 10.2.